The summed E-state index contributed by atoms with van der Waals surface area (Å²) in [7, 11) is 3.64. The largest absolute Gasteiger partial charge is 0.403 e. The Morgan fingerprint density at radius 3 is 2.66 bits per heavy atom. The molecule has 6 nitrogen and oxygen atoms in total. The number of fused-ring (bicyclic) bond motifs is 1. The normalized spacial score (nSPS) is 18.8. The standard InChI is InChI=1S/C27H29Cl2F3N4O2/c1-35-23-13-22(36-9-3-4-18(36)15-38-2)20(29)12-21(23)34-24(35)11-17-10-16(5-6-19(17)28)14-33-25(37)26(7-8-26)27(30,31)32/h5-6,10,12-13,18H,3-4,7-9,11,14-15H2,1-2H3,(H,33,37)/t18-/m0/s1. The molecule has 1 saturated carbocycles. The van der Waals surface area contributed by atoms with E-state index < -0.39 is 17.5 Å². The zero-order valence-electron chi connectivity index (χ0n) is 21.2. The molecule has 0 radical (unpaired) electrons. The van der Waals surface area contributed by atoms with Gasteiger partial charge in [-0.3, -0.25) is 4.79 Å². The number of carbonyl (C=O) groups is 1. The van der Waals surface area contributed by atoms with E-state index >= 15 is 0 Å². The van der Waals surface area contributed by atoms with E-state index in [1.807, 2.05) is 17.7 Å². The highest BCUT2D eigenvalue weighted by atomic mass is 35.5. The lowest BCUT2D eigenvalue weighted by Crippen LogP contribution is -2.40. The van der Waals surface area contributed by atoms with Crippen LogP contribution in [-0.2, 0) is 29.5 Å². The number of rotatable bonds is 8. The molecule has 1 N–H and O–H groups in total. The number of nitrogens with one attached hydrogen (secondary N) is 1. The zero-order valence-corrected chi connectivity index (χ0v) is 22.7. The third-order valence-corrected chi connectivity index (χ3v) is 8.40. The van der Waals surface area contributed by atoms with E-state index in [1.165, 1.54) is 0 Å². The first-order valence-corrected chi connectivity index (χ1v) is 13.3. The maximum absolute atomic E-state index is 13.2. The molecular weight excluding hydrogens is 540 g/mol. The van der Waals surface area contributed by atoms with E-state index in [4.69, 9.17) is 32.9 Å². The minimum absolute atomic E-state index is 0.0131. The summed E-state index contributed by atoms with van der Waals surface area (Å²) in [4.78, 5) is 19.3. The number of aryl methyl sites for hydroxylation is 1. The number of nitrogens with zero attached hydrogens (tertiary/aromatic N) is 3. The molecule has 204 valence electrons. The third kappa shape index (κ3) is 4.96. The number of carbonyl (C=O) groups excluding carboxylic acids is 1. The molecule has 1 amide bonds. The van der Waals surface area contributed by atoms with Gasteiger partial charge >= 0.3 is 6.18 Å². The van der Waals surface area contributed by atoms with Gasteiger partial charge in [0.15, 0.2) is 0 Å². The van der Waals surface area contributed by atoms with Crippen LogP contribution in [0.4, 0.5) is 18.9 Å². The van der Waals surface area contributed by atoms with Gasteiger partial charge in [0.1, 0.15) is 11.2 Å². The highest BCUT2D eigenvalue weighted by molar-refractivity contribution is 6.34. The molecule has 0 spiro atoms. The van der Waals surface area contributed by atoms with Crippen molar-refractivity contribution in [3.8, 4) is 0 Å². The van der Waals surface area contributed by atoms with Crippen LogP contribution in [0.5, 0.6) is 0 Å². The Morgan fingerprint density at radius 1 is 1.21 bits per heavy atom. The van der Waals surface area contributed by atoms with Crippen LogP contribution in [0.3, 0.4) is 0 Å². The average Bonchev–Trinajstić information content (AvgIpc) is 3.50. The monoisotopic (exact) mass is 568 g/mol. The molecule has 1 aliphatic heterocycles. The third-order valence-electron chi connectivity index (χ3n) is 7.73. The van der Waals surface area contributed by atoms with Crippen molar-refractivity contribution in [1.29, 1.82) is 0 Å². The smallest absolute Gasteiger partial charge is 0.383 e. The summed E-state index contributed by atoms with van der Waals surface area (Å²) >= 11 is 13.2. The molecule has 1 saturated heterocycles. The van der Waals surface area contributed by atoms with Crippen molar-refractivity contribution in [2.75, 3.05) is 25.2 Å². The number of amides is 1. The molecular formula is C27H29Cl2F3N4O2. The Labute approximate surface area is 229 Å². The number of anilines is 1. The summed E-state index contributed by atoms with van der Waals surface area (Å²) in [6.45, 7) is 1.53. The van der Waals surface area contributed by atoms with Crippen molar-refractivity contribution in [2.45, 2.75) is 50.9 Å². The fraction of sp³-hybridized carbons (Fsp3) is 0.481. The number of hydrogen-bond donors (Lipinski definition) is 1. The second-order valence-corrected chi connectivity index (χ2v) is 11.0. The van der Waals surface area contributed by atoms with Gasteiger partial charge in [0, 0.05) is 38.7 Å². The Bertz CT molecular complexity index is 1370. The fourth-order valence-electron chi connectivity index (χ4n) is 5.31. The summed E-state index contributed by atoms with van der Waals surface area (Å²) in [5.74, 6) is -0.213. The van der Waals surface area contributed by atoms with E-state index in [0.29, 0.717) is 28.6 Å². The second kappa shape index (κ2) is 10.2. The van der Waals surface area contributed by atoms with E-state index in [1.54, 1.807) is 25.3 Å². The molecule has 1 aliphatic carbocycles. The quantitative estimate of drug-likeness (QED) is 0.359. The van der Waals surface area contributed by atoms with Crippen molar-refractivity contribution in [2.24, 2.45) is 12.5 Å². The van der Waals surface area contributed by atoms with Crippen molar-refractivity contribution in [3.63, 3.8) is 0 Å². The molecule has 11 heteroatoms. The van der Waals surface area contributed by atoms with E-state index in [-0.39, 0.29) is 25.4 Å². The van der Waals surface area contributed by atoms with Crippen molar-refractivity contribution in [3.05, 3.63) is 57.3 Å². The minimum Gasteiger partial charge on any atom is -0.383 e. The van der Waals surface area contributed by atoms with Crippen molar-refractivity contribution in [1.82, 2.24) is 14.9 Å². The second-order valence-electron chi connectivity index (χ2n) is 10.2. The topological polar surface area (TPSA) is 59.4 Å². The lowest BCUT2D eigenvalue weighted by atomic mass is 10.0. The number of imidazole rings is 1. The predicted octanol–water partition coefficient (Wildman–Crippen LogP) is 6.04. The van der Waals surface area contributed by atoms with Gasteiger partial charge in [0.25, 0.3) is 0 Å². The summed E-state index contributed by atoms with van der Waals surface area (Å²) < 4.78 is 47.1. The maximum Gasteiger partial charge on any atom is 0.403 e. The SMILES string of the molecule is COC[C@@H]1CCCN1c1cc2c(cc1Cl)nc(Cc1cc(CNC(=O)C3(C(F)(F)F)CC3)ccc1Cl)n2C. The number of halogens is 5. The van der Waals surface area contributed by atoms with Crippen molar-refractivity contribution < 1.29 is 22.7 Å². The van der Waals surface area contributed by atoms with E-state index in [9.17, 15) is 18.0 Å². The van der Waals surface area contributed by atoms with E-state index in [2.05, 4.69) is 16.3 Å². The molecule has 0 bridgehead atoms. The number of benzene rings is 2. The highest BCUT2D eigenvalue weighted by Gasteiger charge is 2.68. The molecule has 38 heavy (non-hydrogen) atoms. The van der Waals surface area contributed by atoms with Gasteiger partial charge in [-0.25, -0.2) is 4.98 Å². The summed E-state index contributed by atoms with van der Waals surface area (Å²) in [5.41, 5.74) is 1.84. The zero-order chi connectivity index (χ0) is 27.2. The highest BCUT2D eigenvalue weighted by Crippen LogP contribution is 2.57. The first kappa shape index (κ1) is 27.1. The number of alkyl halides is 3. The van der Waals surface area contributed by atoms with Crippen LogP contribution in [0.1, 0.15) is 42.6 Å². The molecule has 0 unspecified atom stereocenters. The first-order valence-electron chi connectivity index (χ1n) is 12.6. The Morgan fingerprint density at radius 2 is 1.97 bits per heavy atom. The Balaban J connectivity index is 1.36. The molecule has 2 heterocycles. The van der Waals surface area contributed by atoms with Crippen LogP contribution < -0.4 is 10.2 Å². The maximum atomic E-state index is 13.2. The average molecular weight is 569 g/mol. The van der Waals surface area contributed by atoms with Gasteiger partial charge in [-0.15, -0.1) is 0 Å². The molecule has 1 aromatic heterocycles. The van der Waals surface area contributed by atoms with Crippen LogP contribution in [-0.4, -0.2) is 47.9 Å². The summed E-state index contributed by atoms with van der Waals surface area (Å²) in [5, 5.41) is 3.60. The van der Waals surface area contributed by atoms with Crippen molar-refractivity contribution >= 4 is 45.8 Å². The summed E-state index contributed by atoms with van der Waals surface area (Å²) in [6.07, 6.45) is -2.35. The molecule has 5 rings (SSSR count). The van der Waals surface area contributed by atoms with Crippen LogP contribution in [0, 0.1) is 5.41 Å². The van der Waals surface area contributed by atoms with Gasteiger partial charge in [-0.1, -0.05) is 35.3 Å². The molecule has 3 aromatic rings. The van der Waals surface area contributed by atoms with Crippen LogP contribution in [0.2, 0.25) is 10.0 Å². The fourth-order valence-corrected chi connectivity index (χ4v) is 5.76. The first-order chi connectivity index (χ1) is 18.0. The van der Waals surface area contributed by atoms with Crippen LogP contribution in [0.25, 0.3) is 11.0 Å². The number of ether oxygens (including phenoxy) is 1. The molecule has 1 atom stereocenters. The van der Waals surface area contributed by atoms with Gasteiger partial charge < -0.3 is 19.5 Å². The predicted molar refractivity (Wildman–Crippen MR) is 142 cm³/mol. The number of hydrogen-bond acceptors (Lipinski definition) is 4. The lowest BCUT2D eigenvalue weighted by molar-refractivity contribution is -0.192. The molecule has 2 aliphatic rings. The van der Waals surface area contributed by atoms with Gasteiger partial charge in [-0.2, -0.15) is 13.2 Å². The van der Waals surface area contributed by atoms with E-state index in [0.717, 1.165) is 47.5 Å². The molecule has 2 aromatic carbocycles. The van der Waals surface area contributed by atoms with Crippen LogP contribution in [0.15, 0.2) is 30.3 Å². The molecule has 2 fully saturated rings. The van der Waals surface area contributed by atoms with Gasteiger partial charge in [-0.05, 0) is 55.0 Å². The van der Waals surface area contributed by atoms with Gasteiger partial charge in [0.2, 0.25) is 5.91 Å². The van der Waals surface area contributed by atoms with Crippen LogP contribution >= 0.6 is 23.2 Å². The van der Waals surface area contributed by atoms with Gasteiger partial charge in [0.05, 0.1) is 34.4 Å². The Kier molecular flexibility index (Phi) is 7.30. The lowest BCUT2D eigenvalue weighted by Gasteiger charge is -2.27. The Hall–Kier alpha value is -2.49. The number of methoxy groups -OCH3 is 1. The minimum atomic E-state index is -4.54. The summed E-state index contributed by atoms with van der Waals surface area (Å²) in [6, 6.07) is 9.40. The number of aromatic nitrogens is 2.